The van der Waals surface area contributed by atoms with Crippen LogP contribution in [0.4, 0.5) is 0 Å². The maximum Gasteiger partial charge on any atom is 0.308 e. The van der Waals surface area contributed by atoms with Gasteiger partial charge in [-0.05, 0) is 36.8 Å². The molecule has 0 aliphatic carbocycles. The fraction of sp³-hybridized carbons (Fsp3) is 0.174. The third-order valence-electron chi connectivity index (χ3n) is 4.86. The van der Waals surface area contributed by atoms with Crippen LogP contribution >= 0.6 is 11.3 Å². The highest BCUT2D eigenvalue weighted by molar-refractivity contribution is 7.89. The van der Waals surface area contributed by atoms with Gasteiger partial charge < -0.3 is 4.74 Å². The third-order valence-corrected chi connectivity index (χ3v) is 7.20. The summed E-state index contributed by atoms with van der Waals surface area (Å²) in [4.78, 5) is 12.5. The maximum atomic E-state index is 12.9. The smallest absolute Gasteiger partial charge is 0.308 e. The van der Waals surface area contributed by atoms with Crippen LogP contribution in [0, 0.1) is 0 Å². The predicted octanol–water partition coefficient (Wildman–Crippen LogP) is 3.99. The lowest BCUT2D eigenvalue weighted by atomic mass is 10.2. The summed E-state index contributed by atoms with van der Waals surface area (Å²) in [7, 11) is -3.75. The first-order chi connectivity index (χ1) is 15.0. The molecule has 1 N–H and O–H groups in total. The zero-order valence-electron chi connectivity index (χ0n) is 16.9. The van der Waals surface area contributed by atoms with Gasteiger partial charge in [-0.25, -0.2) is 13.1 Å². The van der Waals surface area contributed by atoms with Crippen LogP contribution in [0.3, 0.4) is 0 Å². The van der Waals surface area contributed by atoms with Crippen LogP contribution in [0.15, 0.2) is 82.5 Å². The molecule has 0 aliphatic rings. The monoisotopic (exact) mass is 454 g/mol. The maximum absolute atomic E-state index is 12.9. The molecule has 6 nitrogen and oxygen atoms in total. The SMILES string of the molecule is CCOc1ccccc1CNS(=O)(=O)c1ccc2c(c1)sc(=O)n2Cc1ccccc1. The first-order valence-electron chi connectivity index (χ1n) is 9.85. The number of benzene rings is 3. The van der Waals surface area contributed by atoms with E-state index in [1.807, 2.05) is 61.5 Å². The van der Waals surface area contributed by atoms with E-state index in [1.165, 1.54) is 6.07 Å². The summed E-state index contributed by atoms with van der Waals surface area (Å²) >= 11 is 1.05. The Hall–Kier alpha value is -2.94. The molecule has 0 fully saturated rings. The van der Waals surface area contributed by atoms with E-state index in [2.05, 4.69) is 4.72 Å². The van der Waals surface area contributed by atoms with Crippen molar-refractivity contribution >= 4 is 31.6 Å². The molecule has 4 aromatic rings. The molecule has 3 aromatic carbocycles. The van der Waals surface area contributed by atoms with Gasteiger partial charge in [0.2, 0.25) is 10.0 Å². The molecular weight excluding hydrogens is 432 g/mol. The largest absolute Gasteiger partial charge is 0.494 e. The van der Waals surface area contributed by atoms with Crippen molar-refractivity contribution in [2.75, 3.05) is 6.61 Å². The number of sulfonamides is 1. The van der Waals surface area contributed by atoms with Gasteiger partial charge in [0.05, 0.1) is 28.3 Å². The minimum absolute atomic E-state index is 0.113. The highest BCUT2D eigenvalue weighted by atomic mass is 32.2. The van der Waals surface area contributed by atoms with Crippen molar-refractivity contribution in [3.05, 3.63) is 93.6 Å². The quantitative estimate of drug-likeness (QED) is 0.437. The third kappa shape index (κ3) is 4.71. The first kappa shape index (κ1) is 21.3. The van der Waals surface area contributed by atoms with E-state index in [9.17, 15) is 13.2 Å². The summed E-state index contributed by atoms with van der Waals surface area (Å²) in [5.74, 6) is 0.652. The second-order valence-electron chi connectivity index (χ2n) is 6.93. The molecule has 0 bridgehead atoms. The highest BCUT2D eigenvalue weighted by Crippen LogP contribution is 2.23. The minimum Gasteiger partial charge on any atom is -0.494 e. The second-order valence-corrected chi connectivity index (χ2v) is 9.69. The van der Waals surface area contributed by atoms with Gasteiger partial charge in [-0.1, -0.05) is 59.9 Å². The standard InChI is InChI=1S/C23H22N2O4S2/c1-2-29-21-11-7-6-10-18(21)15-24-31(27,28)19-12-13-20-22(14-19)30-23(26)25(20)16-17-8-4-3-5-9-17/h3-14,24H,2,15-16H2,1H3. The Labute approximate surface area is 184 Å². The molecule has 0 atom stereocenters. The van der Waals surface area contributed by atoms with Crippen LogP contribution in [-0.2, 0) is 23.1 Å². The number of aromatic nitrogens is 1. The summed E-state index contributed by atoms with van der Waals surface area (Å²) in [6, 6.07) is 21.8. The van der Waals surface area contributed by atoms with Crippen LogP contribution in [-0.4, -0.2) is 19.6 Å². The van der Waals surface area contributed by atoms with Gasteiger partial charge in [0, 0.05) is 12.1 Å². The number of hydrogen-bond acceptors (Lipinski definition) is 5. The zero-order valence-corrected chi connectivity index (χ0v) is 18.6. The molecule has 160 valence electrons. The molecule has 1 heterocycles. The van der Waals surface area contributed by atoms with Crippen molar-refractivity contribution in [1.29, 1.82) is 0 Å². The topological polar surface area (TPSA) is 77.4 Å². The van der Waals surface area contributed by atoms with E-state index in [1.54, 1.807) is 16.7 Å². The van der Waals surface area contributed by atoms with Crippen molar-refractivity contribution in [2.45, 2.75) is 24.9 Å². The van der Waals surface area contributed by atoms with Gasteiger partial charge in [0.25, 0.3) is 0 Å². The summed E-state index contributed by atoms with van der Waals surface area (Å²) in [6.07, 6.45) is 0. The Morgan fingerprint density at radius 3 is 2.52 bits per heavy atom. The highest BCUT2D eigenvalue weighted by Gasteiger charge is 2.17. The van der Waals surface area contributed by atoms with Crippen LogP contribution < -0.4 is 14.3 Å². The lowest BCUT2D eigenvalue weighted by Gasteiger charge is -2.11. The van der Waals surface area contributed by atoms with Crippen molar-refractivity contribution in [3.63, 3.8) is 0 Å². The number of nitrogens with one attached hydrogen (secondary N) is 1. The molecule has 4 rings (SSSR count). The number of para-hydroxylation sites is 1. The normalized spacial score (nSPS) is 11.6. The van der Waals surface area contributed by atoms with Gasteiger partial charge in [-0.15, -0.1) is 0 Å². The van der Waals surface area contributed by atoms with Crippen LogP contribution in [0.2, 0.25) is 0 Å². The zero-order chi connectivity index (χ0) is 21.8. The number of nitrogens with zero attached hydrogens (tertiary/aromatic N) is 1. The Balaban J connectivity index is 1.59. The van der Waals surface area contributed by atoms with Gasteiger partial charge in [-0.3, -0.25) is 9.36 Å². The molecule has 0 unspecified atom stereocenters. The number of rotatable bonds is 8. The summed E-state index contributed by atoms with van der Waals surface area (Å²) in [6.45, 7) is 2.94. The Morgan fingerprint density at radius 2 is 1.74 bits per heavy atom. The second kappa shape index (κ2) is 9.05. The molecule has 31 heavy (non-hydrogen) atoms. The van der Waals surface area contributed by atoms with E-state index in [-0.39, 0.29) is 16.3 Å². The molecule has 0 amide bonds. The summed E-state index contributed by atoms with van der Waals surface area (Å²) in [5, 5.41) is 0. The summed E-state index contributed by atoms with van der Waals surface area (Å²) < 4.78 is 36.2. The van der Waals surface area contributed by atoms with Crippen molar-refractivity contribution in [3.8, 4) is 5.75 Å². The first-order valence-corrected chi connectivity index (χ1v) is 12.2. The van der Waals surface area contributed by atoms with E-state index >= 15 is 0 Å². The minimum atomic E-state index is -3.75. The number of ether oxygens (including phenoxy) is 1. The number of thiazole rings is 1. The summed E-state index contributed by atoms with van der Waals surface area (Å²) in [5.41, 5.74) is 2.49. The van der Waals surface area contributed by atoms with E-state index in [4.69, 9.17) is 4.74 Å². The molecule has 0 saturated carbocycles. The molecule has 0 aliphatic heterocycles. The van der Waals surface area contributed by atoms with Crippen molar-refractivity contribution in [1.82, 2.24) is 9.29 Å². The number of fused-ring (bicyclic) bond motifs is 1. The lowest BCUT2D eigenvalue weighted by molar-refractivity contribution is 0.336. The van der Waals surface area contributed by atoms with Crippen LogP contribution in [0.1, 0.15) is 18.1 Å². The van der Waals surface area contributed by atoms with Crippen LogP contribution in [0.25, 0.3) is 10.2 Å². The van der Waals surface area contributed by atoms with Gasteiger partial charge in [0.15, 0.2) is 0 Å². The Bertz CT molecular complexity index is 1360. The molecule has 0 radical (unpaired) electrons. The average molecular weight is 455 g/mol. The predicted molar refractivity (Wildman–Crippen MR) is 123 cm³/mol. The van der Waals surface area contributed by atoms with E-state index in [0.717, 1.165) is 28.0 Å². The lowest BCUT2D eigenvalue weighted by Crippen LogP contribution is -2.23. The van der Waals surface area contributed by atoms with Gasteiger partial charge in [0.1, 0.15) is 5.75 Å². The van der Waals surface area contributed by atoms with Gasteiger partial charge in [-0.2, -0.15) is 0 Å². The van der Waals surface area contributed by atoms with E-state index < -0.39 is 10.0 Å². The molecule has 0 spiro atoms. The Morgan fingerprint density at radius 1 is 1.00 bits per heavy atom. The average Bonchev–Trinajstić information content (AvgIpc) is 3.08. The fourth-order valence-corrected chi connectivity index (χ4v) is 5.37. The van der Waals surface area contributed by atoms with Gasteiger partial charge >= 0.3 is 4.87 Å². The van der Waals surface area contributed by atoms with Crippen molar-refractivity contribution in [2.24, 2.45) is 0 Å². The molecule has 8 heteroatoms. The number of hydrogen-bond donors (Lipinski definition) is 1. The van der Waals surface area contributed by atoms with Crippen LogP contribution in [0.5, 0.6) is 5.75 Å². The molecule has 0 saturated heterocycles. The van der Waals surface area contributed by atoms with Crippen molar-refractivity contribution < 1.29 is 13.2 Å². The fourth-order valence-electron chi connectivity index (χ4n) is 3.33. The molecular formula is C23H22N2O4S2. The Kier molecular flexibility index (Phi) is 6.22. The van der Waals surface area contributed by atoms with E-state index in [0.29, 0.717) is 23.6 Å². The molecule has 1 aromatic heterocycles.